The van der Waals surface area contributed by atoms with Crippen LogP contribution in [0.25, 0.3) is 0 Å². The summed E-state index contributed by atoms with van der Waals surface area (Å²) in [6.45, 7) is 5.07. The molecule has 0 spiro atoms. The Morgan fingerprint density at radius 1 is 1.17 bits per heavy atom. The minimum absolute atomic E-state index is 0.168. The van der Waals surface area contributed by atoms with E-state index in [-0.39, 0.29) is 12.1 Å². The van der Waals surface area contributed by atoms with Gasteiger partial charge in [-0.25, -0.2) is 13.2 Å². The van der Waals surface area contributed by atoms with Crippen LogP contribution in [0.3, 0.4) is 0 Å². The summed E-state index contributed by atoms with van der Waals surface area (Å²) in [4.78, 5) is 16.4. The summed E-state index contributed by atoms with van der Waals surface area (Å²) in [5.74, 6) is 1.28. The van der Waals surface area contributed by atoms with Crippen molar-refractivity contribution in [3.63, 3.8) is 0 Å². The van der Waals surface area contributed by atoms with E-state index in [1.165, 1.54) is 19.1 Å². The van der Waals surface area contributed by atoms with Gasteiger partial charge in [-0.3, -0.25) is 0 Å². The minimum Gasteiger partial charge on any atom is -0.486 e. The number of fused-ring (bicyclic) bond motifs is 1. The fourth-order valence-corrected chi connectivity index (χ4v) is 5.08. The summed E-state index contributed by atoms with van der Waals surface area (Å²) >= 11 is 0. The van der Waals surface area contributed by atoms with Crippen LogP contribution in [-0.4, -0.2) is 93.3 Å². The first-order valence-corrected chi connectivity index (χ1v) is 11.9. The lowest BCUT2D eigenvalue weighted by atomic mass is 10.1. The number of anilines is 1. The van der Waals surface area contributed by atoms with E-state index in [0.717, 1.165) is 19.6 Å². The van der Waals surface area contributed by atoms with E-state index in [4.69, 9.17) is 9.47 Å². The number of carbonyl (C=O) groups is 1. The molecule has 0 unspecified atom stereocenters. The number of ether oxygens (including phenoxy) is 2. The zero-order valence-electron chi connectivity index (χ0n) is 16.7. The fourth-order valence-electron chi connectivity index (χ4n) is 3.99. The summed E-state index contributed by atoms with van der Waals surface area (Å²) in [7, 11) is -3.32. The molecule has 0 radical (unpaired) electrons. The van der Waals surface area contributed by atoms with Gasteiger partial charge in [0.15, 0.2) is 11.5 Å². The summed E-state index contributed by atoms with van der Waals surface area (Å²) < 4.78 is 37.0. The average Bonchev–Trinajstić information content (AvgIpc) is 3.15. The number of rotatable bonds is 6. The van der Waals surface area contributed by atoms with Crippen LogP contribution in [0.2, 0.25) is 0 Å². The third kappa shape index (κ3) is 4.76. The molecular formula is C19H28N4O5S. The number of urea groups is 1. The van der Waals surface area contributed by atoms with Crippen LogP contribution in [-0.2, 0) is 10.0 Å². The van der Waals surface area contributed by atoms with Crippen LogP contribution in [0.1, 0.15) is 12.8 Å². The molecule has 160 valence electrons. The number of benzene rings is 1. The number of hydrogen-bond acceptors (Lipinski definition) is 6. The molecule has 3 heterocycles. The number of likely N-dealkylation sites (tertiary alicyclic amines) is 2. The highest BCUT2D eigenvalue weighted by Gasteiger charge is 2.39. The largest absolute Gasteiger partial charge is 0.486 e. The number of nitrogens with one attached hydrogen (secondary N) is 1. The SMILES string of the molecule is CS(=O)(=O)N(CCN1CCCC1)C1CN(C(=O)Nc2ccc3c(c2)OCCO3)C1. The molecule has 4 rings (SSSR count). The molecule has 0 saturated carbocycles. The van der Waals surface area contributed by atoms with Gasteiger partial charge in [0, 0.05) is 37.9 Å². The van der Waals surface area contributed by atoms with Crippen molar-refractivity contribution in [3.8, 4) is 11.5 Å². The van der Waals surface area contributed by atoms with Gasteiger partial charge in [-0.2, -0.15) is 4.31 Å². The maximum atomic E-state index is 12.5. The smallest absolute Gasteiger partial charge is 0.321 e. The Kier molecular flexibility index (Phi) is 5.84. The van der Waals surface area contributed by atoms with Crippen molar-refractivity contribution in [3.05, 3.63) is 18.2 Å². The number of amides is 2. The maximum absolute atomic E-state index is 12.5. The van der Waals surface area contributed by atoms with E-state index in [2.05, 4.69) is 10.2 Å². The number of hydrogen-bond donors (Lipinski definition) is 1. The molecule has 0 atom stereocenters. The zero-order chi connectivity index (χ0) is 20.4. The van der Waals surface area contributed by atoms with Gasteiger partial charge in [-0.05, 0) is 38.1 Å². The molecule has 1 aromatic rings. The molecule has 9 nitrogen and oxygen atoms in total. The topological polar surface area (TPSA) is 91.4 Å². The first kappa shape index (κ1) is 20.2. The van der Waals surface area contributed by atoms with Crippen LogP contribution in [0.15, 0.2) is 18.2 Å². The summed E-state index contributed by atoms with van der Waals surface area (Å²) in [5.41, 5.74) is 0.622. The van der Waals surface area contributed by atoms with Crippen molar-refractivity contribution in [1.82, 2.24) is 14.1 Å². The van der Waals surface area contributed by atoms with Crippen molar-refractivity contribution in [1.29, 1.82) is 0 Å². The predicted molar refractivity (Wildman–Crippen MR) is 109 cm³/mol. The summed E-state index contributed by atoms with van der Waals surface area (Å²) in [6, 6.07) is 4.86. The lowest BCUT2D eigenvalue weighted by Gasteiger charge is -2.44. The molecule has 0 aromatic heterocycles. The fraction of sp³-hybridized carbons (Fsp3) is 0.632. The molecule has 3 aliphatic rings. The Labute approximate surface area is 171 Å². The molecule has 2 saturated heterocycles. The lowest BCUT2D eigenvalue weighted by Crippen LogP contribution is -2.63. The maximum Gasteiger partial charge on any atom is 0.321 e. The highest BCUT2D eigenvalue weighted by atomic mass is 32.2. The zero-order valence-corrected chi connectivity index (χ0v) is 17.5. The molecule has 0 bridgehead atoms. The number of nitrogens with zero attached hydrogens (tertiary/aromatic N) is 3. The minimum atomic E-state index is -3.32. The van der Waals surface area contributed by atoms with Crippen molar-refractivity contribution in [2.45, 2.75) is 18.9 Å². The van der Waals surface area contributed by atoms with Gasteiger partial charge in [0.2, 0.25) is 10.0 Å². The van der Waals surface area contributed by atoms with Crippen LogP contribution < -0.4 is 14.8 Å². The normalized spacial score (nSPS) is 20.0. The van der Waals surface area contributed by atoms with Crippen molar-refractivity contribution >= 4 is 21.7 Å². The van der Waals surface area contributed by atoms with Crippen molar-refractivity contribution in [2.24, 2.45) is 0 Å². The first-order chi connectivity index (χ1) is 13.9. The quantitative estimate of drug-likeness (QED) is 0.734. The highest BCUT2D eigenvalue weighted by Crippen LogP contribution is 2.32. The standard InChI is InChI=1S/C19H28N4O5S/c1-29(25,26)23(9-8-21-6-2-3-7-21)16-13-22(14-16)19(24)20-15-4-5-17-18(12-15)28-11-10-27-17/h4-5,12,16H,2-3,6-11,13-14H2,1H3,(H,20,24). The van der Waals surface area contributed by atoms with Gasteiger partial charge in [0.05, 0.1) is 12.3 Å². The molecule has 0 aliphatic carbocycles. The highest BCUT2D eigenvalue weighted by molar-refractivity contribution is 7.88. The second-order valence-corrected chi connectivity index (χ2v) is 9.70. The van der Waals surface area contributed by atoms with E-state index in [1.54, 1.807) is 27.4 Å². The third-order valence-corrected chi connectivity index (χ3v) is 6.94. The van der Waals surface area contributed by atoms with Crippen LogP contribution in [0, 0.1) is 0 Å². The van der Waals surface area contributed by atoms with E-state index < -0.39 is 10.0 Å². The molecular weight excluding hydrogens is 396 g/mol. The van der Waals surface area contributed by atoms with Crippen LogP contribution >= 0.6 is 0 Å². The first-order valence-electron chi connectivity index (χ1n) is 10.0. The van der Waals surface area contributed by atoms with Crippen LogP contribution in [0.5, 0.6) is 11.5 Å². The van der Waals surface area contributed by atoms with E-state index in [0.29, 0.717) is 50.0 Å². The Balaban J connectivity index is 1.30. The Morgan fingerprint density at radius 3 is 2.55 bits per heavy atom. The van der Waals surface area contributed by atoms with Crippen molar-refractivity contribution in [2.75, 3.05) is 64.1 Å². The van der Waals surface area contributed by atoms with Gasteiger partial charge in [0.1, 0.15) is 13.2 Å². The number of sulfonamides is 1. The summed E-state index contributed by atoms with van der Waals surface area (Å²) in [5, 5.41) is 2.84. The molecule has 1 aromatic carbocycles. The second-order valence-electron chi connectivity index (χ2n) is 7.77. The van der Waals surface area contributed by atoms with Gasteiger partial charge >= 0.3 is 6.03 Å². The predicted octanol–water partition coefficient (Wildman–Crippen LogP) is 1.03. The average molecular weight is 425 g/mol. The molecule has 29 heavy (non-hydrogen) atoms. The monoisotopic (exact) mass is 424 g/mol. The van der Waals surface area contributed by atoms with Gasteiger partial charge in [-0.15, -0.1) is 0 Å². The third-order valence-electron chi connectivity index (χ3n) is 5.61. The van der Waals surface area contributed by atoms with E-state index in [1.807, 2.05) is 0 Å². The Bertz CT molecular complexity index is 850. The Hall–Kier alpha value is -2.04. The van der Waals surface area contributed by atoms with E-state index >= 15 is 0 Å². The van der Waals surface area contributed by atoms with E-state index in [9.17, 15) is 13.2 Å². The lowest BCUT2D eigenvalue weighted by molar-refractivity contribution is 0.104. The molecule has 2 fully saturated rings. The summed E-state index contributed by atoms with van der Waals surface area (Å²) in [6.07, 6.45) is 3.60. The van der Waals surface area contributed by atoms with Crippen LogP contribution in [0.4, 0.5) is 10.5 Å². The van der Waals surface area contributed by atoms with Gasteiger partial charge in [-0.1, -0.05) is 0 Å². The number of carbonyl (C=O) groups excluding carboxylic acids is 1. The Morgan fingerprint density at radius 2 is 1.86 bits per heavy atom. The molecule has 2 amide bonds. The molecule has 1 N–H and O–H groups in total. The van der Waals surface area contributed by atoms with Gasteiger partial charge < -0.3 is 24.6 Å². The van der Waals surface area contributed by atoms with Gasteiger partial charge in [0.25, 0.3) is 0 Å². The second kappa shape index (κ2) is 8.37. The molecule has 3 aliphatic heterocycles. The van der Waals surface area contributed by atoms with Crippen molar-refractivity contribution < 1.29 is 22.7 Å². The molecule has 10 heteroatoms.